The zero-order chi connectivity index (χ0) is 15.6. The van der Waals surface area contributed by atoms with Crippen LogP contribution in [0.4, 0.5) is 5.69 Å². The molecule has 1 saturated carbocycles. The second kappa shape index (κ2) is 6.10. The lowest BCUT2D eigenvalue weighted by Crippen LogP contribution is -2.43. The summed E-state index contributed by atoms with van der Waals surface area (Å²) in [6.07, 6.45) is 9.69. The Morgan fingerprint density at radius 2 is 2.09 bits per heavy atom. The van der Waals surface area contributed by atoms with Crippen molar-refractivity contribution in [1.29, 1.82) is 0 Å². The summed E-state index contributed by atoms with van der Waals surface area (Å²) in [4.78, 5) is 27.5. The summed E-state index contributed by atoms with van der Waals surface area (Å²) in [5, 5.41) is 3.11. The number of piperidine rings is 1. The van der Waals surface area contributed by atoms with Crippen LogP contribution in [0, 0.1) is 11.8 Å². The van der Waals surface area contributed by atoms with Crippen molar-refractivity contribution in [1.82, 2.24) is 20.3 Å². The summed E-state index contributed by atoms with van der Waals surface area (Å²) in [5.74, 6) is 0.997. The van der Waals surface area contributed by atoms with Gasteiger partial charge in [0.25, 0.3) is 0 Å². The molecular weight excluding hydrogens is 290 g/mol. The van der Waals surface area contributed by atoms with Gasteiger partial charge in [-0.25, -0.2) is 9.97 Å². The third-order valence-electron chi connectivity index (χ3n) is 4.73. The molecule has 1 atom stereocenters. The first-order valence-corrected chi connectivity index (χ1v) is 8.39. The van der Waals surface area contributed by atoms with Crippen LogP contribution in [0.1, 0.15) is 25.7 Å². The molecule has 1 aliphatic heterocycles. The zero-order valence-electron chi connectivity index (χ0n) is 13.1. The second-order valence-corrected chi connectivity index (χ2v) is 6.57. The van der Waals surface area contributed by atoms with Gasteiger partial charge in [0.1, 0.15) is 5.52 Å². The monoisotopic (exact) mass is 311 g/mol. The molecule has 0 aromatic carbocycles. The molecule has 6 nitrogen and oxygen atoms in total. The van der Waals surface area contributed by atoms with Crippen LogP contribution in [0.25, 0.3) is 11.2 Å². The number of rotatable bonds is 4. The largest absolute Gasteiger partial charge is 0.369 e. The third-order valence-corrected chi connectivity index (χ3v) is 4.73. The van der Waals surface area contributed by atoms with Crippen LogP contribution in [-0.4, -0.2) is 40.5 Å². The molecular formula is C17H21N5O. The summed E-state index contributed by atoms with van der Waals surface area (Å²) < 4.78 is 0. The average molecular weight is 311 g/mol. The van der Waals surface area contributed by atoms with Crippen molar-refractivity contribution in [2.45, 2.75) is 25.7 Å². The van der Waals surface area contributed by atoms with Gasteiger partial charge in [0.15, 0.2) is 5.65 Å². The van der Waals surface area contributed by atoms with Crippen molar-refractivity contribution in [2.75, 3.05) is 24.5 Å². The van der Waals surface area contributed by atoms with E-state index in [1.165, 1.54) is 12.8 Å². The Morgan fingerprint density at radius 1 is 1.22 bits per heavy atom. The summed E-state index contributed by atoms with van der Waals surface area (Å²) in [5.41, 5.74) is 2.48. The highest BCUT2D eigenvalue weighted by molar-refractivity contribution is 5.80. The van der Waals surface area contributed by atoms with Gasteiger partial charge in [0, 0.05) is 32.0 Å². The first-order chi connectivity index (χ1) is 11.3. The van der Waals surface area contributed by atoms with Crippen LogP contribution in [-0.2, 0) is 4.79 Å². The molecule has 0 bridgehead atoms. The maximum Gasteiger partial charge on any atom is 0.224 e. The minimum atomic E-state index is 0.0695. The molecule has 0 spiro atoms. The van der Waals surface area contributed by atoms with Gasteiger partial charge in [-0.15, -0.1) is 0 Å². The molecule has 3 heterocycles. The second-order valence-electron chi connectivity index (χ2n) is 6.57. The molecule has 1 unspecified atom stereocenters. The topological polar surface area (TPSA) is 71.0 Å². The highest BCUT2D eigenvalue weighted by Crippen LogP contribution is 2.28. The van der Waals surface area contributed by atoms with Crippen molar-refractivity contribution in [3.8, 4) is 0 Å². The molecule has 0 radical (unpaired) electrons. The molecule has 120 valence electrons. The summed E-state index contributed by atoms with van der Waals surface area (Å²) in [6.45, 7) is 2.56. The van der Waals surface area contributed by atoms with Crippen LogP contribution in [0.5, 0.6) is 0 Å². The first-order valence-electron chi connectivity index (χ1n) is 8.39. The van der Waals surface area contributed by atoms with Gasteiger partial charge in [-0.1, -0.05) is 0 Å². The van der Waals surface area contributed by atoms with Gasteiger partial charge >= 0.3 is 0 Å². The highest BCUT2D eigenvalue weighted by Gasteiger charge is 2.28. The lowest BCUT2D eigenvalue weighted by atomic mass is 9.96. The Morgan fingerprint density at radius 3 is 2.96 bits per heavy atom. The quantitative estimate of drug-likeness (QED) is 0.932. The first kappa shape index (κ1) is 14.4. The predicted molar refractivity (Wildman–Crippen MR) is 88.0 cm³/mol. The van der Waals surface area contributed by atoms with E-state index in [9.17, 15) is 4.79 Å². The van der Waals surface area contributed by atoms with Crippen LogP contribution in [0.3, 0.4) is 0 Å². The average Bonchev–Trinajstić information content (AvgIpc) is 3.44. The standard InChI is InChI=1S/C17H21N5O/c23-17(21-9-12-3-4-12)13-2-1-7-22(11-13)14-8-15-16(20-10-14)19-6-5-18-15/h5-6,8,10,12-13H,1-4,7,9,11H2,(H,21,23). The fourth-order valence-electron chi connectivity index (χ4n) is 3.16. The zero-order valence-corrected chi connectivity index (χ0v) is 13.1. The lowest BCUT2D eigenvalue weighted by molar-refractivity contribution is -0.125. The summed E-state index contributed by atoms with van der Waals surface area (Å²) in [6, 6.07) is 2.01. The fourth-order valence-corrected chi connectivity index (χ4v) is 3.16. The van der Waals surface area contributed by atoms with E-state index in [4.69, 9.17) is 0 Å². The van der Waals surface area contributed by atoms with E-state index >= 15 is 0 Å². The molecule has 23 heavy (non-hydrogen) atoms. The molecule has 1 aliphatic carbocycles. The maximum absolute atomic E-state index is 12.3. The molecule has 6 heteroatoms. The molecule has 2 fully saturated rings. The van der Waals surface area contributed by atoms with Crippen LogP contribution in [0.2, 0.25) is 0 Å². The van der Waals surface area contributed by atoms with Crippen LogP contribution < -0.4 is 10.2 Å². The van der Waals surface area contributed by atoms with E-state index in [0.29, 0.717) is 5.65 Å². The molecule has 2 aromatic rings. The lowest BCUT2D eigenvalue weighted by Gasteiger charge is -2.33. The normalized spacial score (nSPS) is 21.4. The summed E-state index contributed by atoms with van der Waals surface area (Å²) in [7, 11) is 0. The Bertz CT molecular complexity index is 715. The Kier molecular flexibility index (Phi) is 3.81. The number of hydrogen-bond donors (Lipinski definition) is 1. The van der Waals surface area contributed by atoms with Crippen molar-refractivity contribution >= 4 is 22.8 Å². The van der Waals surface area contributed by atoms with E-state index in [1.807, 2.05) is 12.3 Å². The SMILES string of the molecule is O=C(NCC1CC1)C1CCCN(c2cnc3nccnc3c2)C1. The molecule has 1 saturated heterocycles. The Hall–Kier alpha value is -2.24. The highest BCUT2D eigenvalue weighted by atomic mass is 16.1. The van der Waals surface area contributed by atoms with Gasteiger partial charge in [-0.2, -0.15) is 0 Å². The van der Waals surface area contributed by atoms with Crippen molar-refractivity contribution in [2.24, 2.45) is 11.8 Å². The van der Waals surface area contributed by atoms with Gasteiger partial charge < -0.3 is 10.2 Å². The number of aromatic nitrogens is 3. The maximum atomic E-state index is 12.3. The fraction of sp³-hybridized carbons (Fsp3) is 0.529. The molecule has 1 N–H and O–H groups in total. The number of amides is 1. The van der Waals surface area contributed by atoms with Crippen molar-refractivity contribution in [3.63, 3.8) is 0 Å². The van der Waals surface area contributed by atoms with Gasteiger partial charge in [-0.05, 0) is 37.7 Å². The molecule has 2 aliphatic rings. The number of anilines is 1. The molecule has 1 amide bonds. The minimum absolute atomic E-state index is 0.0695. The number of carbonyl (C=O) groups excluding carboxylic acids is 1. The van der Waals surface area contributed by atoms with E-state index < -0.39 is 0 Å². The molecule has 2 aromatic heterocycles. The smallest absolute Gasteiger partial charge is 0.224 e. The van der Waals surface area contributed by atoms with Crippen molar-refractivity contribution < 1.29 is 4.79 Å². The van der Waals surface area contributed by atoms with Gasteiger partial charge in [-0.3, -0.25) is 9.78 Å². The third kappa shape index (κ3) is 3.25. The number of pyridine rings is 1. The van der Waals surface area contributed by atoms with Gasteiger partial charge in [0.2, 0.25) is 5.91 Å². The Balaban J connectivity index is 1.45. The Labute approximate surface area is 135 Å². The van der Waals surface area contributed by atoms with Crippen molar-refractivity contribution in [3.05, 3.63) is 24.7 Å². The number of fused-ring (bicyclic) bond motifs is 1. The number of nitrogens with zero attached hydrogens (tertiary/aromatic N) is 4. The number of hydrogen-bond acceptors (Lipinski definition) is 5. The van der Waals surface area contributed by atoms with E-state index in [2.05, 4.69) is 25.2 Å². The van der Waals surface area contributed by atoms with E-state index in [-0.39, 0.29) is 11.8 Å². The van der Waals surface area contributed by atoms with Gasteiger partial charge in [0.05, 0.1) is 17.8 Å². The predicted octanol–water partition coefficient (Wildman–Crippen LogP) is 1.77. The minimum Gasteiger partial charge on any atom is -0.369 e. The molecule has 4 rings (SSSR count). The number of nitrogens with one attached hydrogen (secondary N) is 1. The number of carbonyl (C=O) groups is 1. The van der Waals surface area contributed by atoms with Crippen LogP contribution in [0.15, 0.2) is 24.7 Å². The summed E-state index contributed by atoms with van der Waals surface area (Å²) >= 11 is 0. The van der Waals surface area contributed by atoms with E-state index in [0.717, 1.165) is 49.6 Å². The van der Waals surface area contributed by atoms with Crippen LogP contribution >= 0.6 is 0 Å². The van der Waals surface area contributed by atoms with E-state index in [1.54, 1.807) is 12.4 Å².